The van der Waals surface area contributed by atoms with Crippen molar-refractivity contribution in [2.75, 3.05) is 6.54 Å². The van der Waals surface area contributed by atoms with Crippen LogP contribution in [0.3, 0.4) is 0 Å². The summed E-state index contributed by atoms with van der Waals surface area (Å²) in [6.07, 6.45) is 2.90. The van der Waals surface area contributed by atoms with Crippen LogP contribution in [0.15, 0.2) is 53.7 Å². The topological polar surface area (TPSA) is 49.3 Å². The summed E-state index contributed by atoms with van der Waals surface area (Å²) < 4.78 is 0. The lowest BCUT2D eigenvalue weighted by Gasteiger charge is -2.11. The minimum Gasteiger partial charge on any atom is -0.357 e. The molecule has 128 valence electrons. The summed E-state index contributed by atoms with van der Waals surface area (Å²) in [6, 6.07) is 14.4. The predicted molar refractivity (Wildman–Crippen MR) is 110 cm³/mol. The third kappa shape index (κ3) is 5.34. The molecular formula is C18H22ClIN4. The molecule has 1 heterocycles. The Morgan fingerprint density at radius 2 is 2.17 bits per heavy atom. The summed E-state index contributed by atoms with van der Waals surface area (Å²) in [7, 11) is 0. The maximum absolute atomic E-state index is 6.07. The SMILES string of the molecule is CCNC(=NCc1ccccn1)NC1CC1c1cccc(Cl)c1.I. The van der Waals surface area contributed by atoms with E-state index in [0.29, 0.717) is 18.5 Å². The normalized spacial score (nSPS) is 19.3. The standard InChI is InChI=1S/C18H21ClN4.HI/c1-2-20-18(22-12-15-8-3-4-9-21-15)23-17-11-16(17)13-6-5-7-14(19)10-13;/h3-10,16-17H,2,11-12H2,1H3,(H2,20,22,23);1H. The van der Waals surface area contributed by atoms with Crippen LogP contribution in [0.1, 0.15) is 30.5 Å². The van der Waals surface area contributed by atoms with Gasteiger partial charge in [-0.05, 0) is 43.2 Å². The molecule has 0 radical (unpaired) electrons. The quantitative estimate of drug-likeness (QED) is 0.407. The molecule has 0 bridgehead atoms. The van der Waals surface area contributed by atoms with Gasteiger partial charge in [0.25, 0.3) is 0 Å². The van der Waals surface area contributed by atoms with Crippen molar-refractivity contribution in [3.05, 3.63) is 64.9 Å². The van der Waals surface area contributed by atoms with Gasteiger partial charge < -0.3 is 10.6 Å². The molecule has 0 amide bonds. The van der Waals surface area contributed by atoms with Gasteiger partial charge in [-0.15, -0.1) is 24.0 Å². The van der Waals surface area contributed by atoms with E-state index >= 15 is 0 Å². The predicted octanol–water partition coefficient (Wildman–Crippen LogP) is 3.96. The van der Waals surface area contributed by atoms with Crippen molar-refractivity contribution in [1.29, 1.82) is 0 Å². The Balaban J connectivity index is 0.00000208. The molecule has 1 saturated carbocycles. The molecule has 0 saturated heterocycles. The van der Waals surface area contributed by atoms with E-state index in [-0.39, 0.29) is 24.0 Å². The molecule has 1 fully saturated rings. The molecule has 0 spiro atoms. The van der Waals surface area contributed by atoms with Crippen LogP contribution in [-0.2, 0) is 6.54 Å². The van der Waals surface area contributed by atoms with Crippen molar-refractivity contribution < 1.29 is 0 Å². The molecular weight excluding hydrogens is 435 g/mol. The number of benzene rings is 1. The minimum absolute atomic E-state index is 0. The van der Waals surface area contributed by atoms with E-state index in [1.807, 2.05) is 36.4 Å². The fourth-order valence-corrected chi connectivity index (χ4v) is 2.81. The maximum atomic E-state index is 6.07. The zero-order valence-corrected chi connectivity index (χ0v) is 16.7. The van der Waals surface area contributed by atoms with Crippen LogP contribution in [0, 0.1) is 0 Å². The molecule has 1 aliphatic rings. The van der Waals surface area contributed by atoms with E-state index in [1.165, 1.54) is 5.56 Å². The van der Waals surface area contributed by atoms with E-state index < -0.39 is 0 Å². The second kappa shape index (κ2) is 9.22. The van der Waals surface area contributed by atoms with Gasteiger partial charge in [0.15, 0.2) is 5.96 Å². The Kier molecular flexibility index (Phi) is 7.30. The smallest absolute Gasteiger partial charge is 0.191 e. The monoisotopic (exact) mass is 456 g/mol. The second-order valence-electron chi connectivity index (χ2n) is 5.66. The van der Waals surface area contributed by atoms with Crippen LogP contribution in [0.4, 0.5) is 0 Å². The van der Waals surface area contributed by atoms with Crippen molar-refractivity contribution in [3.8, 4) is 0 Å². The molecule has 2 aromatic rings. The highest BCUT2D eigenvalue weighted by Crippen LogP contribution is 2.41. The molecule has 2 atom stereocenters. The number of pyridine rings is 1. The van der Waals surface area contributed by atoms with Gasteiger partial charge in [-0.2, -0.15) is 0 Å². The number of nitrogens with one attached hydrogen (secondary N) is 2. The number of nitrogens with zero attached hydrogens (tertiary/aromatic N) is 2. The Morgan fingerprint density at radius 3 is 2.88 bits per heavy atom. The first kappa shape index (κ1) is 19.0. The highest BCUT2D eigenvalue weighted by molar-refractivity contribution is 14.0. The molecule has 24 heavy (non-hydrogen) atoms. The second-order valence-corrected chi connectivity index (χ2v) is 6.10. The van der Waals surface area contributed by atoms with Crippen LogP contribution >= 0.6 is 35.6 Å². The van der Waals surface area contributed by atoms with Crippen LogP contribution in [-0.4, -0.2) is 23.5 Å². The fourth-order valence-electron chi connectivity index (χ4n) is 2.61. The lowest BCUT2D eigenvalue weighted by molar-refractivity contribution is 0.792. The van der Waals surface area contributed by atoms with Gasteiger partial charge in [-0.1, -0.05) is 29.8 Å². The summed E-state index contributed by atoms with van der Waals surface area (Å²) >= 11 is 6.07. The lowest BCUT2D eigenvalue weighted by Crippen LogP contribution is -2.39. The van der Waals surface area contributed by atoms with Crippen molar-refractivity contribution in [3.63, 3.8) is 0 Å². The van der Waals surface area contributed by atoms with E-state index in [1.54, 1.807) is 6.20 Å². The van der Waals surface area contributed by atoms with E-state index in [4.69, 9.17) is 11.6 Å². The third-order valence-electron chi connectivity index (χ3n) is 3.86. The average Bonchev–Trinajstić information content (AvgIpc) is 3.33. The Morgan fingerprint density at radius 1 is 1.29 bits per heavy atom. The first-order chi connectivity index (χ1) is 11.3. The fraction of sp³-hybridized carbons (Fsp3) is 0.333. The lowest BCUT2D eigenvalue weighted by atomic mass is 10.1. The molecule has 1 aliphatic carbocycles. The molecule has 3 rings (SSSR count). The highest BCUT2D eigenvalue weighted by Gasteiger charge is 2.39. The first-order valence-corrected chi connectivity index (χ1v) is 8.34. The van der Waals surface area contributed by atoms with Crippen molar-refractivity contribution in [1.82, 2.24) is 15.6 Å². The van der Waals surface area contributed by atoms with Gasteiger partial charge in [0.1, 0.15) is 0 Å². The molecule has 4 nitrogen and oxygen atoms in total. The van der Waals surface area contributed by atoms with Gasteiger partial charge in [0.05, 0.1) is 12.2 Å². The number of hydrogen-bond donors (Lipinski definition) is 2. The Bertz CT molecular complexity index is 678. The maximum Gasteiger partial charge on any atom is 0.191 e. The van der Waals surface area contributed by atoms with E-state index in [2.05, 4.69) is 33.6 Å². The summed E-state index contributed by atoms with van der Waals surface area (Å²) in [5, 5.41) is 7.59. The van der Waals surface area contributed by atoms with Crippen LogP contribution in [0.2, 0.25) is 5.02 Å². The van der Waals surface area contributed by atoms with E-state index in [9.17, 15) is 0 Å². The number of rotatable bonds is 5. The summed E-state index contributed by atoms with van der Waals surface area (Å²) in [4.78, 5) is 8.92. The number of guanidine groups is 1. The first-order valence-electron chi connectivity index (χ1n) is 7.96. The number of aromatic nitrogens is 1. The van der Waals surface area contributed by atoms with Crippen molar-refractivity contribution in [2.45, 2.75) is 31.8 Å². The summed E-state index contributed by atoms with van der Waals surface area (Å²) in [5.41, 5.74) is 2.25. The molecule has 0 aliphatic heterocycles. The number of hydrogen-bond acceptors (Lipinski definition) is 2. The third-order valence-corrected chi connectivity index (χ3v) is 4.09. The molecule has 1 aromatic heterocycles. The summed E-state index contributed by atoms with van der Waals surface area (Å²) in [6.45, 7) is 3.48. The van der Waals surface area contributed by atoms with Gasteiger partial charge in [0.2, 0.25) is 0 Å². The zero-order chi connectivity index (χ0) is 16.1. The highest BCUT2D eigenvalue weighted by atomic mass is 127. The molecule has 2 N–H and O–H groups in total. The Hall–Kier alpha value is -1.34. The molecule has 6 heteroatoms. The number of aliphatic imine (C=N–C) groups is 1. The van der Waals surface area contributed by atoms with Crippen molar-refractivity contribution >= 4 is 41.5 Å². The van der Waals surface area contributed by atoms with E-state index in [0.717, 1.165) is 29.6 Å². The molecule has 1 aromatic carbocycles. The van der Waals surface area contributed by atoms with Gasteiger partial charge in [-0.25, -0.2) is 4.99 Å². The zero-order valence-electron chi connectivity index (χ0n) is 13.6. The van der Waals surface area contributed by atoms with Gasteiger partial charge in [-0.3, -0.25) is 4.98 Å². The van der Waals surface area contributed by atoms with Crippen LogP contribution in [0.5, 0.6) is 0 Å². The molecule has 2 unspecified atom stereocenters. The number of halogens is 2. The van der Waals surface area contributed by atoms with Crippen molar-refractivity contribution in [2.24, 2.45) is 4.99 Å². The van der Waals surface area contributed by atoms with Gasteiger partial charge >= 0.3 is 0 Å². The minimum atomic E-state index is 0. The summed E-state index contributed by atoms with van der Waals surface area (Å²) in [5.74, 6) is 1.35. The van der Waals surface area contributed by atoms with Crippen LogP contribution < -0.4 is 10.6 Å². The van der Waals surface area contributed by atoms with Gasteiger partial charge in [0, 0.05) is 29.7 Å². The Labute approximate surface area is 165 Å². The van der Waals surface area contributed by atoms with Crippen LogP contribution in [0.25, 0.3) is 0 Å². The average molecular weight is 457 g/mol. The largest absolute Gasteiger partial charge is 0.357 e.